The molecule has 6 heteroatoms. The SMILES string of the molecule is CCCCCc1nc(SC(C)CC(=O)OCC)n[nH]1. The average molecular weight is 285 g/mol. The molecule has 0 fully saturated rings. The Morgan fingerprint density at radius 3 is 2.89 bits per heavy atom. The van der Waals surface area contributed by atoms with Crippen LogP contribution in [0.1, 0.15) is 52.3 Å². The van der Waals surface area contributed by atoms with Crippen molar-refractivity contribution in [3.8, 4) is 0 Å². The summed E-state index contributed by atoms with van der Waals surface area (Å²) < 4.78 is 4.92. The molecule has 5 nitrogen and oxygen atoms in total. The Morgan fingerprint density at radius 2 is 2.21 bits per heavy atom. The first-order valence-corrected chi connectivity index (χ1v) is 7.77. The number of nitrogens with zero attached hydrogens (tertiary/aromatic N) is 2. The molecule has 0 aromatic carbocycles. The third-order valence-corrected chi connectivity index (χ3v) is 3.56. The van der Waals surface area contributed by atoms with Gasteiger partial charge in [-0.25, -0.2) is 4.98 Å². The highest BCUT2D eigenvalue weighted by molar-refractivity contribution is 7.99. The largest absolute Gasteiger partial charge is 0.466 e. The summed E-state index contributed by atoms with van der Waals surface area (Å²) in [6.45, 7) is 6.40. The zero-order chi connectivity index (χ0) is 14.1. The Morgan fingerprint density at radius 1 is 1.42 bits per heavy atom. The first kappa shape index (κ1) is 16.0. The molecule has 0 amide bonds. The second-order valence-corrected chi connectivity index (χ2v) is 5.86. The number of aryl methyl sites for hydroxylation is 1. The van der Waals surface area contributed by atoms with Crippen molar-refractivity contribution >= 4 is 17.7 Å². The standard InChI is InChI=1S/C13H23N3O2S/c1-4-6-7-8-11-14-13(16-15-11)19-10(3)9-12(17)18-5-2/h10H,4-9H2,1-3H3,(H,14,15,16). The maximum absolute atomic E-state index is 11.3. The lowest BCUT2D eigenvalue weighted by atomic mass is 10.2. The van der Waals surface area contributed by atoms with Crippen LogP contribution in [0.2, 0.25) is 0 Å². The van der Waals surface area contributed by atoms with Crippen LogP contribution < -0.4 is 0 Å². The van der Waals surface area contributed by atoms with Crippen molar-refractivity contribution in [2.75, 3.05) is 6.61 Å². The number of H-pyrrole nitrogens is 1. The zero-order valence-electron chi connectivity index (χ0n) is 11.9. The monoisotopic (exact) mass is 285 g/mol. The van der Waals surface area contributed by atoms with E-state index in [0.29, 0.717) is 18.2 Å². The predicted octanol–water partition coefficient (Wildman–Crippen LogP) is 2.97. The molecule has 1 N–H and O–H groups in total. The molecule has 108 valence electrons. The normalized spacial score (nSPS) is 12.4. The molecule has 0 aliphatic rings. The van der Waals surface area contributed by atoms with Crippen molar-refractivity contribution in [3.63, 3.8) is 0 Å². The van der Waals surface area contributed by atoms with Gasteiger partial charge < -0.3 is 4.74 Å². The van der Waals surface area contributed by atoms with Gasteiger partial charge in [0, 0.05) is 11.7 Å². The Labute approximate surface area is 118 Å². The second kappa shape index (κ2) is 8.96. The van der Waals surface area contributed by atoms with Gasteiger partial charge in [-0.3, -0.25) is 9.89 Å². The molecule has 1 atom stereocenters. The molecule has 1 aromatic rings. The minimum Gasteiger partial charge on any atom is -0.466 e. The summed E-state index contributed by atoms with van der Waals surface area (Å²) in [6, 6.07) is 0. The Bertz CT molecular complexity index is 382. The molecule has 0 aliphatic carbocycles. The summed E-state index contributed by atoms with van der Waals surface area (Å²) in [7, 11) is 0. The van der Waals surface area contributed by atoms with Crippen LogP contribution in [0.15, 0.2) is 5.16 Å². The van der Waals surface area contributed by atoms with Crippen molar-refractivity contribution in [2.24, 2.45) is 0 Å². The van der Waals surface area contributed by atoms with Gasteiger partial charge in [0.25, 0.3) is 0 Å². The van der Waals surface area contributed by atoms with Crippen molar-refractivity contribution < 1.29 is 9.53 Å². The van der Waals surface area contributed by atoms with E-state index in [-0.39, 0.29) is 11.2 Å². The number of nitrogens with one attached hydrogen (secondary N) is 1. The summed E-state index contributed by atoms with van der Waals surface area (Å²) in [5, 5.41) is 7.95. The fraction of sp³-hybridized carbons (Fsp3) is 0.769. The molecule has 19 heavy (non-hydrogen) atoms. The van der Waals surface area contributed by atoms with Crippen LogP contribution in [0.4, 0.5) is 0 Å². The van der Waals surface area contributed by atoms with Crippen LogP contribution >= 0.6 is 11.8 Å². The minimum absolute atomic E-state index is 0.123. The molecule has 1 rings (SSSR count). The van der Waals surface area contributed by atoms with E-state index >= 15 is 0 Å². The van der Waals surface area contributed by atoms with Crippen LogP contribution in [-0.4, -0.2) is 33.0 Å². The van der Waals surface area contributed by atoms with Gasteiger partial charge in [-0.2, -0.15) is 0 Å². The lowest BCUT2D eigenvalue weighted by Crippen LogP contribution is -2.10. The average Bonchev–Trinajstić information content (AvgIpc) is 2.77. The highest BCUT2D eigenvalue weighted by Gasteiger charge is 2.14. The molecular weight excluding hydrogens is 262 g/mol. The first-order valence-electron chi connectivity index (χ1n) is 6.89. The second-order valence-electron chi connectivity index (χ2n) is 4.46. The zero-order valence-corrected chi connectivity index (χ0v) is 12.8. The van der Waals surface area contributed by atoms with E-state index in [2.05, 4.69) is 22.1 Å². The molecule has 0 aliphatic heterocycles. The molecule has 1 aromatic heterocycles. The Balaban J connectivity index is 2.34. The maximum Gasteiger partial charge on any atom is 0.306 e. The lowest BCUT2D eigenvalue weighted by molar-refractivity contribution is -0.142. The molecule has 1 unspecified atom stereocenters. The number of hydrogen-bond donors (Lipinski definition) is 1. The van der Waals surface area contributed by atoms with E-state index in [1.807, 2.05) is 13.8 Å². The number of aromatic amines is 1. The molecule has 1 heterocycles. The predicted molar refractivity (Wildman–Crippen MR) is 76.2 cm³/mol. The van der Waals surface area contributed by atoms with Crippen molar-refractivity contribution in [3.05, 3.63) is 5.82 Å². The van der Waals surface area contributed by atoms with E-state index in [4.69, 9.17) is 4.74 Å². The van der Waals surface area contributed by atoms with Crippen LogP contribution in [0, 0.1) is 0 Å². The number of carbonyl (C=O) groups excluding carboxylic acids is 1. The molecular formula is C13H23N3O2S. The van der Waals surface area contributed by atoms with E-state index in [9.17, 15) is 4.79 Å². The van der Waals surface area contributed by atoms with Crippen LogP contribution in [0.3, 0.4) is 0 Å². The van der Waals surface area contributed by atoms with Crippen LogP contribution in [0.25, 0.3) is 0 Å². The Hall–Kier alpha value is -1.04. The number of carbonyl (C=O) groups is 1. The highest BCUT2D eigenvalue weighted by atomic mass is 32.2. The summed E-state index contributed by atoms with van der Waals surface area (Å²) in [5.41, 5.74) is 0. The molecule has 0 saturated heterocycles. The number of hydrogen-bond acceptors (Lipinski definition) is 5. The first-order chi connectivity index (χ1) is 9.15. The summed E-state index contributed by atoms with van der Waals surface area (Å²) in [4.78, 5) is 15.8. The number of ether oxygens (including phenoxy) is 1. The molecule has 0 radical (unpaired) electrons. The van der Waals surface area contributed by atoms with E-state index in [1.165, 1.54) is 24.6 Å². The van der Waals surface area contributed by atoms with E-state index < -0.39 is 0 Å². The molecule has 0 spiro atoms. The molecule has 0 bridgehead atoms. The van der Waals surface area contributed by atoms with Crippen molar-refractivity contribution in [1.82, 2.24) is 15.2 Å². The van der Waals surface area contributed by atoms with Gasteiger partial charge in [0.1, 0.15) is 5.82 Å². The number of thioether (sulfide) groups is 1. The van der Waals surface area contributed by atoms with Gasteiger partial charge in [-0.15, -0.1) is 5.10 Å². The Kier molecular flexibility index (Phi) is 7.55. The number of rotatable bonds is 9. The van der Waals surface area contributed by atoms with Gasteiger partial charge in [0.2, 0.25) is 5.16 Å². The fourth-order valence-corrected chi connectivity index (χ4v) is 2.50. The number of unbranched alkanes of at least 4 members (excludes halogenated alkanes) is 2. The van der Waals surface area contributed by atoms with Crippen LogP contribution in [-0.2, 0) is 16.0 Å². The van der Waals surface area contributed by atoms with E-state index in [1.54, 1.807) is 0 Å². The molecule has 0 saturated carbocycles. The van der Waals surface area contributed by atoms with Gasteiger partial charge in [0.15, 0.2) is 0 Å². The lowest BCUT2D eigenvalue weighted by Gasteiger charge is -2.07. The number of esters is 1. The third kappa shape index (κ3) is 6.61. The minimum atomic E-state index is -0.166. The van der Waals surface area contributed by atoms with Crippen LogP contribution in [0.5, 0.6) is 0 Å². The van der Waals surface area contributed by atoms with Crippen molar-refractivity contribution in [2.45, 2.75) is 63.3 Å². The van der Waals surface area contributed by atoms with E-state index in [0.717, 1.165) is 18.7 Å². The highest BCUT2D eigenvalue weighted by Crippen LogP contribution is 2.22. The summed E-state index contributed by atoms with van der Waals surface area (Å²) in [5.74, 6) is 0.764. The maximum atomic E-state index is 11.3. The summed E-state index contributed by atoms with van der Waals surface area (Å²) >= 11 is 1.50. The number of aromatic nitrogens is 3. The van der Waals surface area contributed by atoms with Gasteiger partial charge in [-0.05, 0) is 13.3 Å². The fourth-order valence-electron chi connectivity index (χ4n) is 1.66. The smallest absolute Gasteiger partial charge is 0.306 e. The van der Waals surface area contributed by atoms with Gasteiger partial charge >= 0.3 is 5.97 Å². The van der Waals surface area contributed by atoms with Crippen molar-refractivity contribution in [1.29, 1.82) is 0 Å². The van der Waals surface area contributed by atoms with Gasteiger partial charge in [-0.1, -0.05) is 38.5 Å². The topological polar surface area (TPSA) is 67.9 Å². The quantitative estimate of drug-likeness (QED) is 0.429. The van der Waals surface area contributed by atoms with Gasteiger partial charge in [0.05, 0.1) is 13.0 Å². The summed E-state index contributed by atoms with van der Waals surface area (Å²) in [6.07, 6.45) is 4.87. The third-order valence-electron chi connectivity index (χ3n) is 2.59.